The number of fused-ring (bicyclic) bond motifs is 2. The summed E-state index contributed by atoms with van der Waals surface area (Å²) >= 11 is 2.95. The van der Waals surface area contributed by atoms with Gasteiger partial charge in [0, 0.05) is 22.9 Å². The molecule has 4 aromatic heterocycles. The molecule has 0 spiro atoms. The van der Waals surface area contributed by atoms with E-state index in [-0.39, 0.29) is 5.92 Å². The van der Waals surface area contributed by atoms with Crippen molar-refractivity contribution < 1.29 is 17.9 Å². The molecule has 0 amide bonds. The lowest BCUT2D eigenvalue weighted by molar-refractivity contribution is 0.327. The van der Waals surface area contributed by atoms with E-state index in [1.54, 1.807) is 19.2 Å². The number of thiophene rings is 2. The highest BCUT2D eigenvalue weighted by molar-refractivity contribution is 7.92. The Balaban J connectivity index is 0.000000215. The first-order chi connectivity index (χ1) is 18.0. The number of rotatable bonds is 8. The van der Waals surface area contributed by atoms with Crippen LogP contribution in [0.25, 0.3) is 25.3 Å². The average molecular weight is 574 g/mol. The third-order valence-corrected chi connectivity index (χ3v) is 10.1. The minimum atomic E-state index is -3.34. The van der Waals surface area contributed by atoms with Gasteiger partial charge in [0.25, 0.3) is 0 Å². The zero-order chi connectivity index (χ0) is 28.2. The van der Waals surface area contributed by atoms with Gasteiger partial charge in [0.2, 0.25) is 17.4 Å². The zero-order valence-electron chi connectivity index (χ0n) is 23.2. The molecule has 0 aromatic carbocycles. The van der Waals surface area contributed by atoms with E-state index < -0.39 is 15.1 Å². The lowest BCUT2D eigenvalue weighted by Gasteiger charge is -2.11. The van der Waals surface area contributed by atoms with Crippen molar-refractivity contribution in [2.45, 2.75) is 77.4 Å². The predicted molar refractivity (Wildman–Crippen MR) is 158 cm³/mol. The number of pyridine rings is 2. The fourth-order valence-electron chi connectivity index (χ4n) is 3.88. The third-order valence-electron chi connectivity index (χ3n) is 5.90. The van der Waals surface area contributed by atoms with Gasteiger partial charge in [-0.25, -0.2) is 23.2 Å². The number of sulfone groups is 1. The molecule has 4 rings (SSSR count). The fourth-order valence-corrected chi connectivity index (χ4v) is 7.47. The Morgan fingerprint density at radius 1 is 0.895 bits per heavy atom. The van der Waals surface area contributed by atoms with Gasteiger partial charge in [-0.15, -0.1) is 22.7 Å². The molecule has 0 aliphatic carbocycles. The van der Waals surface area contributed by atoms with Crippen molar-refractivity contribution in [1.82, 2.24) is 9.97 Å². The molecule has 0 radical (unpaired) electrons. The summed E-state index contributed by atoms with van der Waals surface area (Å²) in [6, 6.07) is 3.87. The van der Waals surface area contributed by atoms with E-state index in [2.05, 4.69) is 42.5 Å². The molecule has 204 valence electrons. The molecule has 38 heavy (non-hydrogen) atoms. The largest absolute Gasteiger partial charge is 0.478 e. The maximum Gasteiger partial charge on any atom is 0.214 e. The highest BCUT2D eigenvalue weighted by Crippen LogP contribution is 2.39. The van der Waals surface area contributed by atoms with E-state index in [0.29, 0.717) is 47.0 Å². The van der Waals surface area contributed by atoms with Gasteiger partial charge < -0.3 is 9.47 Å². The fraction of sp³-hybridized carbons (Fsp3) is 0.464. The monoisotopic (exact) mass is 573 g/mol. The predicted octanol–water partition coefficient (Wildman–Crippen LogP) is 8.37. The Labute approximate surface area is 233 Å². The third kappa shape index (κ3) is 6.11. The van der Waals surface area contributed by atoms with Crippen molar-refractivity contribution in [2.75, 3.05) is 13.2 Å². The second-order valence-electron chi connectivity index (χ2n) is 9.56. The number of hydrogen-bond acceptors (Lipinski definition) is 8. The van der Waals surface area contributed by atoms with E-state index in [9.17, 15) is 8.42 Å². The Morgan fingerprint density at radius 2 is 1.47 bits per heavy atom. The maximum absolute atomic E-state index is 12.5. The minimum Gasteiger partial charge on any atom is -0.478 e. The van der Waals surface area contributed by atoms with Crippen molar-refractivity contribution in [1.29, 1.82) is 0 Å². The first-order valence-electron chi connectivity index (χ1n) is 12.7. The van der Waals surface area contributed by atoms with Gasteiger partial charge in [-0.1, -0.05) is 27.7 Å². The normalized spacial score (nSPS) is 11.7. The summed E-state index contributed by atoms with van der Waals surface area (Å²) in [5.41, 5.74) is 3.47. The van der Waals surface area contributed by atoms with Gasteiger partial charge >= 0.3 is 0 Å². The van der Waals surface area contributed by atoms with E-state index in [0.717, 1.165) is 26.0 Å². The highest BCUT2D eigenvalue weighted by atomic mass is 32.2. The van der Waals surface area contributed by atoms with Crippen molar-refractivity contribution >= 4 is 58.6 Å². The summed E-state index contributed by atoms with van der Waals surface area (Å²) in [5.74, 6) is 1.78. The molecule has 0 fully saturated rings. The van der Waals surface area contributed by atoms with Crippen molar-refractivity contribution in [3.05, 3.63) is 45.4 Å². The molecule has 0 saturated heterocycles. The molecule has 0 atom stereocenters. The molecule has 0 N–H and O–H groups in total. The molecule has 0 aliphatic rings. The van der Waals surface area contributed by atoms with E-state index in [1.165, 1.54) is 22.7 Å². The first kappa shape index (κ1) is 29.8. The molecule has 0 aliphatic heterocycles. The standard InChI is InChI=1S/C15H21NO3S2.C13H14N2OS/c1-6-19-13-7-11(9(2)3)15-14(16-13)12(8-20-15)21(17,18)10(4)5;1-5-16-11-6-9(8(2)3)12-10(14-4)7-17-13(12)15-11/h7-10H,6H2,1-5H3;6-8H,5H2,1-3H3. The van der Waals surface area contributed by atoms with Crippen LogP contribution in [0.15, 0.2) is 27.8 Å². The summed E-state index contributed by atoms with van der Waals surface area (Å²) < 4.78 is 36.9. The average Bonchev–Trinajstić information content (AvgIpc) is 3.48. The van der Waals surface area contributed by atoms with Crippen LogP contribution in [-0.2, 0) is 9.84 Å². The van der Waals surface area contributed by atoms with Crippen LogP contribution >= 0.6 is 22.7 Å². The molecule has 0 bridgehead atoms. The summed E-state index contributed by atoms with van der Waals surface area (Å²) in [6.07, 6.45) is 0. The van der Waals surface area contributed by atoms with Gasteiger partial charge in [0.05, 0.1) is 29.7 Å². The second kappa shape index (κ2) is 12.4. The van der Waals surface area contributed by atoms with Crippen LogP contribution < -0.4 is 9.47 Å². The Kier molecular flexibility index (Phi) is 9.74. The van der Waals surface area contributed by atoms with Crippen LogP contribution in [0.4, 0.5) is 5.69 Å². The van der Waals surface area contributed by atoms with E-state index in [4.69, 9.17) is 16.0 Å². The number of aromatic nitrogens is 2. The zero-order valence-corrected chi connectivity index (χ0v) is 25.6. The Hall–Kier alpha value is -2.74. The maximum atomic E-state index is 12.5. The molecule has 4 aromatic rings. The van der Waals surface area contributed by atoms with E-state index >= 15 is 0 Å². The number of hydrogen-bond donors (Lipinski definition) is 0. The van der Waals surface area contributed by atoms with Gasteiger partial charge in [-0.3, -0.25) is 0 Å². The number of nitrogens with zero attached hydrogens (tertiary/aromatic N) is 3. The molecular weight excluding hydrogens is 539 g/mol. The summed E-state index contributed by atoms with van der Waals surface area (Å²) in [5, 5.41) is 4.10. The molecule has 0 unspecified atom stereocenters. The van der Waals surface area contributed by atoms with Crippen LogP contribution in [-0.4, -0.2) is 36.8 Å². The molecule has 10 heteroatoms. The molecular formula is C28H35N3O4S3. The van der Waals surface area contributed by atoms with Gasteiger partial charge in [-0.05, 0) is 56.0 Å². The summed E-state index contributed by atoms with van der Waals surface area (Å²) in [7, 11) is -3.34. The highest BCUT2D eigenvalue weighted by Gasteiger charge is 2.26. The topological polar surface area (TPSA) is 82.7 Å². The van der Waals surface area contributed by atoms with Gasteiger partial charge in [0.1, 0.15) is 15.2 Å². The van der Waals surface area contributed by atoms with Crippen LogP contribution in [0, 0.1) is 6.57 Å². The first-order valence-corrected chi connectivity index (χ1v) is 16.0. The van der Waals surface area contributed by atoms with Crippen LogP contribution in [0.3, 0.4) is 0 Å². The van der Waals surface area contributed by atoms with Crippen LogP contribution in [0.5, 0.6) is 11.8 Å². The lowest BCUT2D eigenvalue weighted by Crippen LogP contribution is -2.13. The molecule has 7 nitrogen and oxygen atoms in total. The summed E-state index contributed by atoms with van der Waals surface area (Å²) in [4.78, 5) is 13.6. The van der Waals surface area contributed by atoms with Gasteiger partial charge in [-0.2, -0.15) is 0 Å². The van der Waals surface area contributed by atoms with Crippen molar-refractivity contribution in [2.24, 2.45) is 0 Å². The number of ether oxygens (including phenoxy) is 2. The summed E-state index contributed by atoms with van der Waals surface area (Å²) in [6.45, 7) is 23.9. The lowest BCUT2D eigenvalue weighted by atomic mass is 10.0. The molecule has 4 heterocycles. The second-order valence-corrected chi connectivity index (χ2v) is 13.8. The molecule has 0 saturated carbocycles. The minimum absolute atomic E-state index is 0.281. The van der Waals surface area contributed by atoms with E-state index in [1.807, 2.05) is 31.4 Å². The smallest absolute Gasteiger partial charge is 0.214 e. The Morgan fingerprint density at radius 3 is 2.00 bits per heavy atom. The van der Waals surface area contributed by atoms with Crippen LogP contribution in [0.1, 0.15) is 78.4 Å². The van der Waals surface area contributed by atoms with Gasteiger partial charge in [0.15, 0.2) is 9.84 Å². The SMILES string of the molecule is CCOc1cc(C(C)C)c2scc(S(=O)(=O)C(C)C)c2n1.[C-]#[N+]c1csc2nc(OCC)cc(C(C)C)c12. The van der Waals surface area contributed by atoms with Crippen molar-refractivity contribution in [3.63, 3.8) is 0 Å². The van der Waals surface area contributed by atoms with Crippen molar-refractivity contribution in [3.8, 4) is 11.8 Å². The quantitative estimate of drug-likeness (QED) is 0.197. The Bertz CT molecular complexity index is 1560. The van der Waals surface area contributed by atoms with Crippen LogP contribution in [0.2, 0.25) is 0 Å².